The van der Waals surface area contributed by atoms with Crippen LogP contribution in [0.3, 0.4) is 0 Å². The lowest BCUT2D eigenvalue weighted by Gasteiger charge is -2.08. The van der Waals surface area contributed by atoms with Crippen molar-refractivity contribution in [3.63, 3.8) is 0 Å². The molecule has 0 saturated carbocycles. The van der Waals surface area contributed by atoms with Crippen molar-refractivity contribution in [1.82, 2.24) is 5.43 Å². The number of rotatable bonds is 7. The zero-order chi connectivity index (χ0) is 25.3. The van der Waals surface area contributed by atoms with Gasteiger partial charge in [0.1, 0.15) is 5.75 Å². The topological polar surface area (TPSA) is 96.9 Å². The molecule has 0 aliphatic heterocycles. The van der Waals surface area contributed by atoms with E-state index >= 15 is 0 Å². The van der Waals surface area contributed by atoms with Crippen molar-refractivity contribution in [2.24, 2.45) is 5.10 Å². The fourth-order valence-corrected chi connectivity index (χ4v) is 3.28. The van der Waals surface area contributed by atoms with Crippen LogP contribution in [0.2, 0.25) is 0 Å². The number of hydrogen-bond acceptors (Lipinski definition) is 5. The second-order valence-electron chi connectivity index (χ2n) is 7.89. The van der Waals surface area contributed by atoms with E-state index in [1.54, 1.807) is 84.9 Å². The fraction of sp³-hybridized carbons (Fsp3) is 0.0345. The van der Waals surface area contributed by atoms with Gasteiger partial charge >= 0.3 is 5.97 Å². The van der Waals surface area contributed by atoms with Crippen LogP contribution in [0.1, 0.15) is 42.2 Å². The Morgan fingerprint density at radius 1 is 0.722 bits per heavy atom. The molecule has 4 rings (SSSR count). The van der Waals surface area contributed by atoms with E-state index in [-0.39, 0.29) is 5.91 Å². The summed E-state index contributed by atoms with van der Waals surface area (Å²) in [6, 6.07) is 29.2. The number of carbonyl (C=O) groups excluding carboxylic acids is 3. The smallest absolute Gasteiger partial charge is 0.343 e. The van der Waals surface area contributed by atoms with E-state index in [0.717, 1.165) is 5.56 Å². The molecule has 0 bridgehead atoms. The number of hydrazone groups is 1. The van der Waals surface area contributed by atoms with E-state index < -0.39 is 11.9 Å². The quantitative estimate of drug-likeness (QED) is 0.165. The van der Waals surface area contributed by atoms with Crippen LogP contribution in [0.5, 0.6) is 5.75 Å². The summed E-state index contributed by atoms with van der Waals surface area (Å²) in [4.78, 5) is 37.4. The van der Waals surface area contributed by atoms with Crippen molar-refractivity contribution in [3.8, 4) is 5.75 Å². The Morgan fingerprint density at radius 3 is 2.19 bits per heavy atom. The third kappa shape index (κ3) is 6.30. The number of para-hydroxylation sites is 1. The molecule has 178 valence electrons. The zero-order valence-corrected chi connectivity index (χ0v) is 19.5. The lowest BCUT2D eigenvalue weighted by molar-refractivity contribution is 0.0734. The first-order valence-electron chi connectivity index (χ1n) is 11.2. The van der Waals surface area contributed by atoms with Gasteiger partial charge in [0.15, 0.2) is 0 Å². The molecule has 7 nitrogen and oxygen atoms in total. The summed E-state index contributed by atoms with van der Waals surface area (Å²) in [6.07, 6.45) is 1.40. The summed E-state index contributed by atoms with van der Waals surface area (Å²) in [5.74, 6) is -0.918. The number of ether oxygens (including phenoxy) is 1. The number of amides is 2. The molecule has 0 spiro atoms. The molecule has 0 aromatic heterocycles. The Balaban J connectivity index is 1.39. The summed E-state index contributed by atoms with van der Waals surface area (Å²) in [7, 11) is 0. The van der Waals surface area contributed by atoms with E-state index in [4.69, 9.17) is 4.74 Å². The van der Waals surface area contributed by atoms with Gasteiger partial charge in [-0.05, 0) is 61.5 Å². The van der Waals surface area contributed by atoms with Crippen LogP contribution in [0.4, 0.5) is 5.69 Å². The number of hydrogen-bond donors (Lipinski definition) is 2. The van der Waals surface area contributed by atoms with E-state index in [1.165, 1.54) is 6.21 Å². The fourth-order valence-electron chi connectivity index (χ4n) is 3.28. The third-order valence-corrected chi connectivity index (χ3v) is 5.20. The summed E-state index contributed by atoms with van der Waals surface area (Å²) >= 11 is 0. The van der Waals surface area contributed by atoms with Crippen molar-refractivity contribution in [1.29, 1.82) is 0 Å². The highest BCUT2D eigenvalue weighted by Gasteiger charge is 2.11. The number of carbonyl (C=O) groups is 3. The van der Waals surface area contributed by atoms with Crippen LogP contribution in [0.25, 0.3) is 0 Å². The second-order valence-corrected chi connectivity index (χ2v) is 7.89. The van der Waals surface area contributed by atoms with Crippen LogP contribution in [0, 0.1) is 6.92 Å². The van der Waals surface area contributed by atoms with Gasteiger partial charge in [-0.25, -0.2) is 10.2 Å². The van der Waals surface area contributed by atoms with Crippen molar-refractivity contribution in [2.75, 3.05) is 5.32 Å². The molecule has 0 saturated heterocycles. The number of aryl methyl sites for hydroxylation is 1. The maximum atomic E-state index is 12.6. The molecule has 36 heavy (non-hydrogen) atoms. The first kappa shape index (κ1) is 24.1. The summed E-state index contributed by atoms with van der Waals surface area (Å²) < 4.78 is 5.49. The molecule has 0 fully saturated rings. The van der Waals surface area contributed by atoms with Crippen molar-refractivity contribution in [3.05, 3.63) is 131 Å². The minimum Gasteiger partial charge on any atom is -0.422 e. The predicted molar refractivity (Wildman–Crippen MR) is 138 cm³/mol. The third-order valence-electron chi connectivity index (χ3n) is 5.20. The highest BCUT2D eigenvalue weighted by Crippen LogP contribution is 2.18. The largest absolute Gasteiger partial charge is 0.422 e. The average molecular weight is 478 g/mol. The number of benzene rings is 4. The number of nitrogens with zero attached hydrogens (tertiary/aromatic N) is 1. The molecule has 2 N–H and O–H groups in total. The van der Waals surface area contributed by atoms with Gasteiger partial charge in [-0.15, -0.1) is 0 Å². The second kappa shape index (κ2) is 11.4. The van der Waals surface area contributed by atoms with Gasteiger partial charge in [0, 0.05) is 22.4 Å². The maximum absolute atomic E-state index is 12.6. The minimum absolute atomic E-state index is 0.271. The van der Waals surface area contributed by atoms with Gasteiger partial charge in [0.05, 0.1) is 11.8 Å². The Morgan fingerprint density at radius 2 is 1.42 bits per heavy atom. The Labute approximate surface area is 208 Å². The van der Waals surface area contributed by atoms with Gasteiger partial charge in [-0.2, -0.15) is 5.10 Å². The highest BCUT2D eigenvalue weighted by molar-refractivity contribution is 6.05. The highest BCUT2D eigenvalue weighted by atomic mass is 16.5. The lowest BCUT2D eigenvalue weighted by atomic mass is 10.1. The molecule has 0 aliphatic carbocycles. The van der Waals surface area contributed by atoms with E-state index in [0.29, 0.717) is 33.7 Å². The molecule has 0 unspecified atom stereocenters. The summed E-state index contributed by atoms with van der Waals surface area (Å²) in [5.41, 5.74) is 5.77. The molecular weight excluding hydrogens is 454 g/mol. The molecule has 2 amide bonds. The Bertz CT molecular complexity index is 1410. The first-order valence-corrected chi connectivity index (χ1v) is 11.2. The molecular formula is C29H23N3O4. The Hall–Kier alpha value is -5.04. The zero-order valence-electron chi connectivity index (χ0n) is 19.5. The molecule has 0 radical (unpaired) electrons. The number of esters is 1. The van der Waals surface area contributed by atoms with E-state index in [1.807, 2.05) is 25.1 Å². The molecule has 4 aromatic rings. The van der Waals surface area contributed by atoms with Crippen LogP contribution in [-0.2, 0) is 0 Å². The number of anilines is 1. The molecule has 0 atom stereocenters. The van der Waals surface area contributed by atoms with E-state index in [9.17, 15) is 14.4 Å². The molecule has 7 heteroatoms. The van der Waals surface area contributed by atoms with Crippen molar-refractivity contribution in [2.45, 2.75) is 6.92 Å². The van der Waals surface area contributed by atoms with Crippen LogP contribution >= 0.6 is 0 Å². The van der Waals surface area contributed by atoms with Crippen LogP contribution < -0.4 is 15.5 Å². The van der Waals surface area contributed by atoms with E-state index in [2.05, 4.69) is 15.8 Å². The van der Waals surface area contributed by atoms with Gasteiger partial charge in [0.25, 0.3) is 11.8 Å². The average Bonchev–Trinajstić information content (AvgIpc) is 2.90. The van der Waals surface area contributed by atoms with Gasteiger partial charge < -0.3 is 10.1 Å². The first-order chi connectivity index (χ1) is 17.5. The molecule has 0 heterocycles. The SMILES string of the molecule is Cc1ccc(C(=O)Nc2cccc(C(=O)NN=Cc3ccccc3OC(=O)c3ccccc3)c2)cc1. The van der Waals surface area contributed by atoms with Crippen molar-refractivity contribution < 1.29 is 19.1 Å². The summed E-state index contributed by atoms with van der Waals surface area (Å²) in [6.45, 7) is 1.95. The monoisotopic (exact) mass is 477 g/mol. The van der Waals surface area contributed by atoms with Crippen LogP contribution in [0.15, 0.2) is 108 Å². The van der Waals surface area contributed by atoms with Gasteiger partial charge in [0.2, 0.25) is 0 Å². The molecule has 0 aliphatic rings. The number of nitrogens with one attached hydrogen (secondary N) is 2. The van der Waals surface area contributed by atoms with Gasteiger partial charge in [-0.3, -0.25) is 9.59 Å². The van der Waals surface area contributed by atoms with Crippen molar-refractivity contribution >= 4 is 29.7 Å². The maximum Gasteiger partial charge on any atom is 0.343 e. The minimum atomic E-state index is -0.495. The predicted octanol–water partition coefficient (Wildman–Crippen LogP) is 5.23. The van der Waals surface area contributed by atoms with Crippen LogP contribution in [-0.4, -0.2) is 24.0 Å². The molecule has 4 aromatic carbocycles. The van der Waals surface area contributed by atoms with Gasteiger partial charge in [-0.1, -0.05) is 54.1 Å². The Kier molecular flexibility index (Phi) is 7.63. The standard InChI is InChI=1S/C29H23N3O4/c1-20-14-16-21(17-15-20)27(33)31-25-12-7-11-23(18-25)28(34)32-30-19-24-10-5-6-13-26(24)36-29(35)22-8-3-2-4-9-22/h2-19H,1H3,(H,31,33)(H,32,34). The lowest BCUT2D eigenvalue weighted by Crippen LogP contribution is -2.18. The normalized spacial score (nSPS) is 10.6. The summed E-state index contributed by atoms with van der Waals surface area (Å²) in [5, 5.41) is 6.79.